The van der Waals surface area contributed by atoms with Crippen LogP contribution in [0.3, 0.4) is 0 Å². The zero-order valence-electron chi connectivity index (χ0n) is 19.1. The Hall–Kier alpha value is -3.48. The molecule has 0 saturated heterocycles. The van der Waals surface area contributed by atoms with Gasteiger partial charge in [0.1, 0.15) is 18.1 Å². The lowest BCUT2D eigenvalue weighted by Crippen LogP contribution is -2.59. The molecule has 0 saturated carbocycles. The molecule has 0 aromatic carbocycles. The largest absolute Gasteiger partial charge is 0.480 e. The van der Waals surface area contributed by atoms with Crippen molar-refractivity contribution in [3.63, 3.8) is 0 Å². The average molecular weight is 468 g/mol. The molecule has 1 aromatic heterocycles. The molecule has 9 N–H and O–H groups in total. The SMILES string of the molecule is CC(C)C(N)C(=O)NC(CC(N)=O)C(=O)NC(Cc1cnc[nH]1)C(=O)NC(C(=O)O)C(C)C. The quantitative estimate of drug-likeness (QED) is 0.171. The van der Waals surface area contributed by atoms with Crippen molar-refractivity contribution in [2.75, 3.05) is 0 Å². The molecule has 0 fully saturated rings. The van der Waals surface area contributed by atoms with Crippen LogP contribution in [-0.4, -0.2) is 68.8 Å². The van der Waals surface area contributed by atoms with Gasteiger partial charge >= 0.3 is 5.97 Å². The number of carboxylic acid groups (broad SMARTS) is 1. The second-order valence-electron chi connectivity index (χ2n) is 8.41. The van der Waals surface area contributed by atoms with Gasteiger partial charge in [-0.3, -0.25) is 19.2 Å². The Morgan fingerprint density at radius 2 is 1.55 bits per heavy atom. The molecule has 0 spiro atoms. The third-order valence-corrected chi connectivity index (χ3v) is 4.90. The van der Waals surface area contributed by atoms with Gasteiger partial charge in [-0.2, -0.15) is 0 Å². The summed E-state index contributed by atoms with van der Waals surface area (Å²) in [5.74, 6) is -5.01. The van der Waals surface area contributed by atoms with Gasteiger partial charge in [-0.25, -0.2) is 9.78 Å². The third-order valence-electron chi connectivity index (χ3n) is 4.90. The number of carbonyl (C=O) groups is 5. The van der Waals surface area contributed by atoms with E-state index in [-0.39, 0.29) is 12.3 Å². The molecular weight excluding hydrogens is 434 g/mol. The van der Waals surface area contributed by atoms with E-state index in [9.17, 15) is 29.1 Å². The van der Waals surface area contributed by atoms with E-state index in [4.69, 9.17) is 11.5 Å². The zero-order valence-corrected chi connectivity index (χ0v) is 19.1. The Labute approximate surface area is 191 Å². The first kappa shape index (κ1) is 27.6. The summed E-state index contributed by atoms with van der Waals surface area (Å²) >= 11 is 0. The van der Waals surface area contributed by atoms with Gasteiger partial charge in [-0.1, -0.05) is 27.7 Å². The number of aromatic nitrogens is 2. The van der Waals surface area contributed by atoms with Gasteiger partial charge in [-0.15, -0.1) is 0 Å². The van der Waals surface area contributed by atoms with Gasteiger partial charge in [0.2, 0.25) is 23.6 Å². The van der Waals surface area contributed by atoms with E-state index in [1.165, 1.54) is 12.5 Å². The van der Waals surface area contributed by atoms with Crippen molar-refractivity contribution in [3.05, 3.63) is 18.2 Å². The summed E-state index contributed by atoms with van der Waals surface area (Å²) in [6, 6.07) is -4.73. The number of carboxylic acids is 1. The summed E-state index contributed by atoms with van der Waals surface area (Å²) in [5.41, 5.74) is 11.5. The highest BCUT2D eigenvalue weighted by Crippen LogP contribution is 2.06. The molecule has 4 amide bonds. The summed E-state index contributed by atoms with van der Waals surface area (Å²) in [6.45, 7) is 6.67. The first-order valence-electron chi connectivity index (χ1n) is 10.5. The number of primary amides is 1. The molecule has 0 bridgehead atoms. The number of rotatable bonds is 13. The number of carbonyl (C=O) groups excluding carboxylic acids is 4. The minimum Gasteiger partial charge on any atom is -0.480 e. The standard InChI is InChI=1S/C20H33N7O6/c1-9(2)15(22)19(31)26-13(6-14(21)28)17(29)25-12(5-11-7-23-8-24-11)18(30)27-16(10(3)4)20(32)33/h7-10,12-13,15-16H,5-6,22H2,1-4H3,(H2,21,28)(H,23,24)(H,25,29)(H,26,31)(H,27,30)(H,32,33). The summed E-state index contributed by atoms with van der Waals surface area (Å²) in [5, 5.41) is 16.6. The van der Waals surface area contributed by atoms with Crippen molar-refractivity contribution in [1.29, 1.82) is 0 Å². The number of nitrogens with one attached hydrogen (secondary N) is 4. The fourth-order valence-corrected chi connectivity index (χ4v) is 2.85. The van der Waals surface area contributed by atoms with Crippen molar-refractivity contribution in [2.24, 2.45) is 23.3 Å². The number of nitrogens with zero attached hydrogens (tertiary/aromatic N) is 1. The fourth-order valence-electron chi connectivity index (χ4n) is 2.85. The molecule has 0 aliphatic rings. The number of imidazole rings is 1. The lowest BCUT2D eigenvalue weighted by molar-refractivity contribution is -0.143. The summed E-state index contributed by atoms with van der Waals surface area (Å²) in [6.07, 6.45) is 2.24. The van der Waals surface area contributed by atoms with Crippen LogP contribution in [-0.2, 0) is 30.4 Å². The highest BCUT2D eigenvalue weighted by molar-refractivity contribution is 5.96. The molecule has 0 aliphatic carbocycles. The zero-order chi connectivity index (χ0) is 25.3. The Bertz CT molecular complexity index is 840. The average Bonchev–Trinajstić information content (AvgIpc) is 3.22. The van der Waals surface area contributed by atoms with Crippen molar-refractivity contribution < 1.29 is 29.1 Å². The van der Waals surface area contributed by atoms with E-state index >= 15 is 0 Å². The van der Waals surface area contributed by atoms with Crippen molar-refractivity contribution in [3.8, 4) is 0 Å². The Kier molecular flexibility index (Phi) is 10.5. The molecule has 13 nitrogen and oxygen atoms in total. The van der Waals surface area contributed by atoms with Crippen LogP contribution in [0.5, 0.6) is 0 Å². The number of hydrogen-bond donors (Lipinski definition) is 7. The van der Waals surface area contributed by atoms with Crippen LogP contribution < -0.4 is 27.4 Å². The van der Waals surface area contributed by atoms with E-state index in [1.807, 2.05) is 0 Å². The van der Waals surface area contributed by atoms with Crippen LogP contribution in [0, 0.1) is 11.8 Å². The van der Waals surface area contributed by atoms with Gasteiger partial charge in [0, 0.05) is 18.3 Å². The molecule has 184 valence electrons. The van der Waals surface area contributed by atoms with Crippen molar-refractivity contribution >= 4 is 29.6 Å². The fraction of sp³-hybridized carbons (Fsp3) is 0.600. The van der Waals surface area contributed by atoms with E-state index in [0.717, 1.165) is 0 Å². The van der Waals surface area contributed by atoms with E-state index in [2.05, 4.69) is 25.9 Å². The smallest absolute Gasteiger partial charge is 0.326 e. The lowest BCUT2D eigenvalue weighted by Gasteiger charge is -2.26. The maximum atomic E-state index is 12.9. The van der Waals surface area contributed by atoms with Crippen LogP contribution in [0.1, 0.15) is 39.8 Å². The second kappa shape index (κ2) is 12.5. The van der Waals surface area contributed by atoms with Crippen LogP contribution >= 0.6 is 0 Å². The predicted octanol–water partition coefficient (Wildman–Crippen LogP) is -1.99. The van der Waals surface area contributed by atoms with Crippen molar-refractivity contribution in [2.45, 2.75) is 64.7 Å². The van der Waals surface area contributed by atoms with Crippen LogP contribution in [0.2, 0.25) is 0 Å². The van der Waals surface area contributed by atoms with Crippen LogP contribution in [0.25, 0.3) is 0 Å². The highest BCUT2D eigenvalue weighted by Gasteiger charge is 2.32. The highest BCUT2D eigenvalue weighted by atomic mass is 16.4. The first-order valence-corrected chi connectivity index (χ1v) is 10.5. The number of nitrogens with two attached hydrogens (primary N) is 2. The summed E-state index contributed by atoms with van der Waals surface area (Å²) < 4.78 is 0. The van der Waals surface area contributed by atoms with Gasteiger partial charge in [0.25, 0.3) is 0 Å². The molecule has 33 heavy (non-hydrogen) atoms. The maximum absolute atomic E-state index is 12.9. The molecule has 4 atom stereocenters. The molecule has 1 rings (SSSR count). The molecule has 1 heterocycles. The van der Waals surface area contributed by atoms with Gasteiger partial charge < -0.3 is 37.5 Å². The molecule has 0 radical (unpaired) electrons. The van der Waals surface area contributed by atoms with E-state index in [0.29, 0.717) is 5.69 Å². The lowest BCUT2D eigenvalue weighted by atomic mass is 10.0. The number of aliphatic carboxylic acids is 1. The van der Waals surface area contributed by atoms with Crippen molar-refractivity contribution in [1.82, 2.24) is 25.9 Å². The Balaban J connectivity index is 3.09. The van der Waals surface area contributed by atoms with E-state index in [1.54, 1.807) is 27.7 Å². The number of aromatic amines is 1. The maximum Gasteiger partial charge on any atom is 0.326 e. The third kappa shape index (κ3) is 8.88. The number of hydrogen-bond acceptors (Lipinski definition) is 7. The minimum absolute atomic E-state index is 0.0508. The van der Waals surface area contributed by atoms with Crippen LogP contribution in [0.15, 0.2) is 12.5 Å². The topological polar surface area (TPSA) is 222 Å². The predicted molar refractivity (Wildman–Crippen MR) is 117 cm³/mol. The van der Waals surface area contributed by atoms with Gasteiger partial charge in [0.05, 0.1) is 18.8 Å². The summed E-state index contributed by atoms with van der Waals surface area (Å²) in [7, 11) is 0. The molecule has 0 aliphatic heterocycles. The summed E-state index contributed by atoms with van der Waals surface area (Å²) in [4.78, 5) is 67.7. The van der Waals surface area contributed by atoms with Gasteiger partial charge in [-0.05, 0) is 11.8 Å². The number of H-pyrrole nitrogens is 1. The monoisotopic (exact) mass is 467 g/mol. The number of amides is 4. The molecule has 13 heteroatoms. The first-order chi connectivity index (χ1) is 15.3. The second-order valence-corrected chi connectivity index (χ2v) is 8.41. The Morgan fingerprint density at radius 3 is 2.00 bits per heavy atom. The molecular formula is C20H33N7O6. The van der Waals surface area contributed by atoms with Gasteiger partial charge in [0.15, 0.2) is 0 Å². The Morgan fingerprint density at radius 1 is 0.970 bits per heavy atom. The minimum atomic E-state index is -1.38. The normalized spacial score (nSPS) is 14.8. The van der Waals surface area contributed by atoms with Crippen LogP contribution in [0.4, 0.5) is 0 Å². The van der Waals surface area contributed by atoms with E-state index < -0.39 is 66.1 Å². The molecule has 1 aromatic rings. The molecule has 4 unspecified atom stereocenters.